The minimum Gasteiger partial charge on any atom is -0.493 e. The van der Waals surface area contributed by atoms with Crippen molar-refractivity contribution in [3.05, 3.63) is 24.3 Å². The highest BCUT2D eigenvalue weighted by atomic mass is 16.5. The van der Waals surface area contributed by atoms with Gasteiger partial charge in [0, 0.05) is 19.6 Å². The van der Waals surface area contributed by atoms with E-state index in [-0.39, 0.29) is 0 Å². The Morgan fingerprint density at radius 2 is 1.84 bits per heavy atom. The smallest absolute Gasteiger partial charge is 0.161 e. The van der Waals surface area contributed by atoms with Gasteiger partial charge in [-0.3, -0.25) is 4.90 Å². The van der Waals surface area contributed by atoms with Gasteiger partial charge >= 0.3 is 0 Å². The lowest BCUT2D eigenvalue weighted by atomic mass is 10.3. The Kier molecular flexibility index (Phi) is 8.02. The van der Waals surface area contributed by atoms with E-state index in [1.54, 1.807) is 7.11 Å². The summed E-state index contributed by atoms with van der Waals surface area (Å²) in [5.41, 5.74) is 0. The van der Waals surface area contributed by atoms with Gasteiger partial charge in [-0.2, -0.15) is 0 Å². The molecule has 1 rings (SSSR count). The Balaban J connectivity index is 2.31. The van der Waals surface area contributed by atoms with Crippen molar-refractivity contribution in [2.24, 2.45) is 0 Å². The molecule has 0 saturated heterocycles. The minimum absolute atomic E-state index is 0.681. The third-order valence-corrected chi connectivity index (χ3v) is 3.04. The highest BCUT2D eigenvalue weighted by molar-refractivity contribution is 5.39. The van der Waals surface area contributed by atoms with Crippen LogP contribution < -0.4 is 14.8 Å². The molecule has 0 bridgehead atoms. The van der Waals surface area contributed by atoms with E-state index in [0.29, 0.717) is 6.61 Å². The third-order valence-electron chi connectivity index (χ3n) is 3.04. The minimum atomic E-state index is 0.681. The number of ether oxygens (including phenoxy) is 2. The third kappa shape index (κ3) is 5.94. The molecule has 1 aromatic rings. The summed E-state index contributed by atoms with van der Waals surface area (Å²) in [7, 11) is 1.66. The van der Waals surface area contributed by atoms with E-state index in [9.17, 15) is 0 Å². The number of nitrogens with one attached hydrogen (secondary N) is 1. The summed E-state index contributed by atoms with van der Waals surface area (Å²) in [6.07, 6.45) is 0. The Labute approximate surface area is 116 Å². The highest BCUT2D eigenvalue weighted by Crippen LogP contribution is 2.25. The van der Waals surface area contributed by atoms with Crippen molar-refractivity contribution in [3.63, 3.8) is 0 Å². The summed E-state index contributed by atoms with van der Waals surface area (Å²) >= 11 is 0. The van der Waals surface area contributed by atoms with Crippen LogP contribution in [0.3, 0.4) is 0 Å². The maximum atomic E-state index is 5.78. The molecule has 108 valence electrons. The first-order chi connectivity index (χ1) is 9.31. The van der Waals surface area contributed by atoms with Crippen molar-refractivity contribution in [3.8, 4) is 11.5 Å². The molecule has 0 unspecified atom stereocenters. The van der Waals surface area contributed by atoms with Crippen molar-refractivity contribution in [1.29, 1.82) is 0 Å². The van der Waals surface area contributed by atoms with Gasteiger partial charge in [0.15, 0.2) is 11.5 Å². The first-order valence-electron chi connectivity index (χ1n) is 7.00. The van der Waals surface area contributed by atoms with Gasteiger partial charge in [0.2, 0.25) is 0 Å². The van der Waals surface area contributed by atoms with E-state index < -0.39 is 0 Å². The zero-order chi connectivity index (χ0) is 13.9. The predicted octanol–water partition coefficient (Wildman–Crippen LogP) is 2.01. The predicted molar refractivity (Wildman–Crippen MR) is 79.1 cm³/mol. The van der Waals surface area contributed by atoms with Crippen molar-refractivity contribution in [2.75, 3.05) is 46.4 Å². The first-order valence-corrected chi connectivity index (χ1v) is 7.00. The van der Waals surface area contributed by atoms with E-state index >= 15 is 0 Å². The monoisotopic (exact) mass is 266 g/mol. The largest absolute Gasteiger partial charge is 0.493 e. The standard InChI is InChI=1S/C15H26N2O2/c1-4-16-10-11-17(5-2)12-13-19-15-9-7-6-8-14(15)18-3/h6-9,16H,4-5,10-13H2,1-3H3. The molecule has 0 aliphatic rings. The molecule has 0 heterocycles. The summed E-state index contributed by atoms with van der Waals surface area (Å²) < 4.78 is 11.0. The van der Waals surface area contributed by atoms with Crippen LogP contribution in [0.4, 0.5) is 0 Å². The molecule has 0 aliphatic carbocycles. The Morgan fingerprint density at radius 3 is 2.47 bits per heavy atom. The van der Waals surface area contributed by atoms with Crippen molar-refractivity contribution < 1.29 is 9.47 Å². The van der Waals surface area contributed by atoms with Gasteiger partial charge in [-0.05, 0) is 25.2 Å². The number of likely N-dealkylation sites (N-methyl/N-ethyl adjacent to an activating group) is 2. The van der Waals surface area contributed by atoms with E-state index in [2.05, 4.69) is 24.1 Å². The van der Waals surface area contributed by atoms with Gasteiger partial charge in [-0.1, -0.05) is 26.0 Å². The average molecular weight is 266 g/mol. The second-order valence-electron chi connectivity index (χ2n) is 4.29. The summed E-state index contributed by atoms with van der Waals surface area (Å²) in [5, 5.41) is 3.34. The number of benzene rings is 1. The maximum absolute atomic E-state index is 5.78. The fraction of sp³-hybridized carbons (Fsp3) is 0.600. The molecule has 0 spiro atoms. The molecule has 4 nitrogen and oxygen atoms in total. The molecule has 1 N–H and O–H groups in total. The molecule has 4 heteroatoms. The van der Waals surface area contributed by atoms with Crippen LogP contribution in [0.2, 0.25) is 0 Å². The molecule has 0 amide bonds. The number of methoxy groups -OCH3 is 1. The fourth-order valence-corrected chi connectivity index (χ4v) is 1.86. The number of hydrogen-bond acceptors (Lipinski definition) is 4. The van der Waals surface area contributed by atoms with Gasteiger partial charge in [0.25, 0.3) is 0 Å². The molecule has 0 atom stereocenters. The number of nitrogens with zero attached hydrogens (tertiary/aromatic N) is 1. The first kappa shape index (κ1) is 15.8. The van der Waals surface area contributed by atoms with Gasteiger partial charge in [0.1, 0.15) is 6.61 Å². The molecule has 0 saturated carbocycles. The average Bonchev–Trinajstić information content (AvgIpc) is 2.46. The van der Waals surface area contributed by atoms with Crippen LogP contribution in [0, 0.1) is 0 Å². The Bertz CT molecular complexity index is 345. The van der Waals surface area contributed by atoms with E-state index in [4.69, 9.17) is 9.47 Å². The zero-order valence-corrected chi connectivity index (χ0v) is 12.3. The van der Waals surface area contributed by atoms with E-state index in [0.717, 1.165) is 44.2 Å². The van der Waals surface area contributed by atoms with Crippen molar-refractivity contribution >= 4 is 0 Å². The van der Waals surface area contributed by atoms with Crippen molar-refractivity contribution in [1.82, 2.24) is 10.2 Å². The van der Waals surface area contributed by atoms with Gasteiger partial charge in [-0.15, -0.1) is 0 Å². The van der Waals surface area contributed by atoms with Gasteiger partial charge < -0.3 is 14.8 Å². The topological polar surface area (TPSA) is 33.7 Å². The number of rotatable bonds is 10. The molecular weight excluding hydrogens is 240 g/mol. The number of hydrogen-bond donors (Lipinski definition) is 1. The van der Waals surface area contributed by atoms with Crippen LogP contribution in [0.5, 0.6) is 11.5 Å². The number of para-hydroxylation sites is 2. The maximum Gasteiger partial charge on any atom is 0.161 e. The van der Waals surface area contributed by atoms with Crippen LogP contribution in [0.25, 0.3) is 0 Å². The molecule has 0 fully saturated rings. The lowest BCUT2D eigenvalue weighted by Gasteiger charge is -2.20. The summed E-state index contributed by atoms with van der Waals surface area (Å²) in [6.45, 7) is 10.1. The lowest BCUT2D eigenvalue weighted by Crippen LogP contribution is -2.34. The second kappa shape index (κ2) is 9.64. The van der Waals surface area contributed by atoms with Gasteiger partial charge in [0.05, 0.1) is 7.11 Å². The van der Waals surface area contributed by atoms with Crippen molar-refractivity contribution in [2.45, 2.75) is 13.8 Å². The van der Waals surface area contributed by atoms with E-state index in [1.807, 2.05) is 24.3 Å². The molecule has 1 aromatic carbocycles. The van der Waals surface area contributed by atoms with Crippen LogP contribution in [-0.4, -0.2) is 51.3 Å². The molecule has 0 aromatic heterocycles. The zero-order valence-electron chi connectivity index (χ0n) is 12.3. The SMILES string of the molecule is CCNCCN(CC)CCOc1ccccc1OC. The Morgan fingerprint density at radius 1 is 1.11 bits per heavy atom. The van der Waals surface area contributed by atoms with Crippen LogP contribution in [0.15, 0.2) is 24.3 Å². The molecule has 0 radical (unpaired) electrons. The van der Waals surface area contributed by atoms with Crippen LogP contribution in [-0.2, 0) is 0 Å². The summed E-state index contributed by atoms with van der Waals surface area (Å²) in [5.74, 6) is 1.60. The summed E-state index contributed by atoms with van der Waals surface area (Å²) in [6, 6.07) is 7.76. The highest BCUT2D eigenvalue weighted by Gasteiger charge is 2.05. The fourth-order valence-electron chi connectivity index (χ4n) is 1.86. The van der Waals surface area contributed by atoms with Crippen LogP contribution >= 0.6 is 0 Å². The van der Waals surface area contributed by atoms with Crippen LogP contribution in [0.1, 0.15) is 13.8 Å². The molecule has 19 heavy (non-hydrogen) atoms. The molecular formula is C15H26N2O2. The normalized spacial score (nSPS) is 10.7. The second-order valence-corrected chi connectivity index (χ2v) is 4.29. The van der Waals surface area contributed by atoms with Gasteiger partial charge in [-0.25, -0.2) is 0 Å². The Hall–Kier alpha value is -1.26. The van der Waals surface area contributed by atoms with E-state index in [1.165, 1.54) is 0 Å². The molecule has 0 aliphatic heterocycles. The lowest BCUT2D eigenvalue weighted by molar-refractivity contribution is 0.211. The quantitative estimate of drug-likeness (QED) is 0.657. The summed E-state index contributed by atoms with van der Waals surface area (Å²) in [4.78, 5) is 2.37.